The van der Waals surface area contributed by atoms with Gasteiger partial charge in [0.1, 0.15) is 12.3 Å². The molecule has 1 saturated heterocycles. The zero-order valence-corrected chi connectivity index (χ0v) is 13.4. The lowest BCUT2D eigenvalue weighted by atomic mass is 9.99. The highest BCUT2D eigenvalue weighted by atomic mass is 16.5. The third-order valence-electron chi connectivity index (χ3n) is 4.15. The lowest BCUT2D eigenvalue weighted by Crippen LogP contribution is -2.43. The average molecular weight is 314 g/mol. The molecule has 0 unspecified atom stereocenters. The fourth-order valence-corrected chi connectivity index (χ4v) is 2.83. The van der Waals surface area contributed by atoms with E-state index in [0.717, 1.165) is 31.7 Å². The molecule has 2 heterocycles. The van der Waals surface area contributed by atoms with Crippen LogP contribution in [0.3, 0.4) is 0 Å². The van der Waals surface area contributed by atoms with Crippen molar-refractivity contribution in [2.24, 2.45) is 5.92 Å². The Balaban J connectivity index is 1.49. The van der Waals surface area contributed by atoms with E-state index in [1.807, 2.05) is 29.2 Å². The Morgan fingerprint density at radius 3 is 2.91 bits per heavy atom. The van der Waals surface area contributed by atoms with E-state index in [4.69, 9.17) is 4.74 Å². The van der Waals surface area contributed by atoms with E-state index in [9.17, 15) is 4.79 Å². The Morgan fingerprint density at radius 1 is 1.35 bits per heavy atom. The quantitative estimate of drug-likeness (QED) is 0.846. The minimum absolute atomic E-state index is 0.0931. The number of carbonyl (C=O) groups is 1. The number of carbonyl (C=O) groups excluding carboxylic acids is 1. The van der Waals surface area contributed by atoms with Crippen LogP contribution in [-0.4, -0.2) is 45.5 Å². The highest BCUT2D eigenvalue weighted by molar-refractivity contribution is 5.76. The maximum atomic E-state index is 12.3. The molecule has 0 radical (unpaired) electrons. The second kappa shape index (κ2) is 7.26. The van der Waals surface area contributed by atoms with E-state index >= 15 is 0 Å². The maximum absolute atomic E-state index is 12.3. The lowest BCUT2D eigenvalue weighted by Gasteiger charge is -2.32. The second-order valence-corrected chi connectivity index (χ2v) is 6.07. The smallest absolute Gasteiger partial charge is 0.244 e. The fourth-order valence-electron chi connectivity index (χ4n) is 2.83. The zero-order chi connectivity index (χ0) is 16.1. The number of ether oxygens (including phenoxy) is 1. The summed E-state index contributed by atoms with van der Waals surface area (Å²) >= 11 is 0. The highest BCUT2D eigenvalue weighted by Crippen LogP contribution is 2.19. The SMILES string of the molecule is Cc1ccc(OC[C@H]2CCCN(C(=O)Cn3ccnn3)C2)cc1. The minimum atomic E-state index is 0.0931. The number of amides is 1. The Labute approximate surface area is 136 Å². The van der Waals surface area contributed by atoms with Gasteiger partial charge in [-0.3, -0.25) is 4.79 Å². The van der Waals surface area contributed by atoms with Crippen LogP contribution in [0.15, 0.2) is 36.7 Å². The molecule has 1 aliphatic rings. The number of nitrogens with zero attached hydrogens (tertiary/aromatic N) is 4. The first-order chi connectivity index (χ1) is 11.2. The van der Waals surface area contributed by atoms with Crippen molar-refractivity contribution >= 4 is 5.91 Å². The summed E-state index contributed by atoms with van der Waals surface area (Å²) in [7, 11) is 0. The van der Waals surface area contributed by atoms with Gasteiger partial charge in [-0.2, -0.15) is 0 Å². The fraction of sp³-hybridized carbons (Fsp3) is 0.471. The zero-order valence-electron chi connectivity index (χ0n) is 13.4. The molecule has 2 aromatic rings. The molecule has 3 rings (SSSR count). The van der Waals surface area contributed by atoms with Gasteiger partial charge in [0.15, 0.2) is 0 Å². The average Bonchev–Trinajstić information content (AvgIpc) is 3.07. The summed E-state index contributed by atoms with van der Waals surface area (Å²) < 4.78 is 7.43. The molecule has 6 heteroatoms. The Morgan fingerprint density at radius 2 is 2.17 bits per heavy atom. The molecule has 122 valence electrons. The van der Waals surface area contributed by atoms with Gasteiger partial charge in [-0.1, -0.05) is 22.9 Å². The minimum Gasteiger partial charge on any atom is -0.493 e. The molecule has 0 saturated carbocycles. The van der Waals surface area contributed by atoms with Crippen LogP contribution in [0.2, 0.25) is 0 Å². The summed E-state index contributed by atoms with van der Waals surface area (Å²) in [6, 6.07) is 8.08. The number of piperidine rings is 1. The molecule has 1 aromatic heterocycles. The highest BCUT2D eigenvalue weighted by Gasteiger charge is 2.24. The van der Waals surface area contributed by atoms with Crippen molar-refractivity contribution in [3.05, 3.63) is 42.2 Å². The molecule has 1 amide bonds. The summed E-state index contributed by atoms with van der Waals surface area (Å²) in [5.41, 5.74) is 1.22. The Hall–Kier alpha value is -2.37. The number of aromatic nitrogens is 3. The number of hydrogen-bond donors (Lipinski definition) is 0. The monoisotopic (exact) mass is 314 g/mol. The van der Waals surface area contributed by atoms with Gasteiger partial charge in [0.05, 0.1) is 12.8 Å². The van der Waals surface area contributed by atoms with Crippen LogP contribution >= 0.6 is 0 Å². The predicted octanol–water partition coefficient (Wildman–Crippen LogP) is 1.90. The van der Waals surface area contributed by atoms with Crippen LogP contribution in [-0.2, 0) is 11.3 Å². The van der Waals surface area contributed by atoms with Gasteiger partial charge in [-0.05, 0) is 31.9 Å². The summed E-state index contributed by atoms with van der Waals surface area (Å²) in [6.07, 6.45) is 5.41. The van der Waals surface area contributed by atoms with Crippen molar-refractivity contribution < 1.29 is 9.53 Å². The van der Waals surface area contributed by atoms with Crippen LogP contribution in [0.25, 0.3) is 0 Å². The number of rotatable bonds is 5. The van der Waals surface area contributed by atoms with Gasteiger partial charge in [-0.25, -0.2) is 4.68 Å². The molecule has 6 nitrogen and oxygen atoms in total. The molecule has 0 aliphatic carbocycles. The van der Waals surface area contributed by atoms with E-state index in [-0.39, 0.29) is 12.5 Å². The molecule has 0 spiro atoms. The van der Waals surface area contributed by atoms with Gasteiger partial charge >= 0.3 is 0 Å². The molecule has 1 atom stereocenters. The van der Waals surface area contributed by atoms with Crippen LogP contribution in [0.4, 0.5) is 0 Å². The molecule has 1 aliphatic heterocycles. The number of hydrogen-bond acceptors (Lipinski definition) is 4. The Bertz CT molecular complexity index is 625. The number of benzene rings is 1. The van der Waals surface area contributed by atoms with Crippen LogP contribution in [0.5, 0.6) is 5.75 Å². The molecule has 0 N–H and O–H groups in total. The number of likely N-dealkylation sites (tertiary alicyclic amines) is 1. The van der Waals surface area contributed by atoms with Crippen molar-refractivity contribution in [3.63, 3.8) is 0 Å². The first-order valence-corrected chi connectivity index (χ1v) is 8.02. The molecular formula is C17H22N4O2. The van der Waals surface area contributed by atoms with E-state index < -0.39 is 0 Å². The predicted molar refractivity (Wildman–Crippen MR) is 86.0 cm³/mol. The van der Waals surface area contributed by atoms with Crippen molar-refractivity contribution in [2.75, 3.05) is 19.7 Å². The van der Waals surface area contributed by atoms with E-state index in [0.29, 0.717) is 12.5 Å². The second-order valence-electron chi connectivity index (χ2n) is 6.07. The van der Waals surface area contributed by atoms with Gasteiger partial charge < -0.3 is 9.64 Å². The van der Waals surface area contributed by atoms with Crippen molar-refractivity contribution in [3.8, 4) is 5.75 Å². The standard InChI is InChI=1S/C17H22N4O2/c1-14-4-6-16(7-5-14)23-13-15-3-2-9-20(11-15)17(22)12-21-10-8-18-19-21/h4-8,10,15H,2-3,9,11-13H2,1H3/t15-/m0/s1. The van der Waals surface area contributed by atoms with Crippen molar-refractivity contribution in [1.29, 1.82) is 0 Å². The molecule has 0 bridgehead atoms. The molecule has 23 heavy (non-hydrogen) atoms. The first kappa shape index (κ1) is 15.5. The number of aryl methyl sites for hydroxylation is 1. The molecular weight excluding hydrogens is 292 g/mol. The van der Waals surface area contributed by atoms with E-state index in [1.54, 1.807) is 17.1 Å². The van der Waals surface area contributed by atoms with E-state index in [1.165, 1.54) is 5.56 Å². The topological polar surface area (TPSA) is 60.2 Å². The van der Waals surface area contributed by atoms with Crippen LogP contribution in [0.1, 0.15) is 18.4 Å². The van der Waals surface area contributed by atoms with Gasteiger partial charge in [-0.15, -0.1) is 5.10 Å². The van der Waals surface area contributed by atoms with Crippen molar-refractivity contribution in [1.82, 2.24) is 19.9 Å². The largest absolute Gasteiger partial charge is 0.493 e. The van der Waals surface area contributed by atoms with Gasteiger partial charge in [0, 0.05) is 25.2 Å². The summed E-state index contributed by atoms with van der Waals surface area (Å²) in [5, 5.41) is 7.57. The van der Waals surface area contributed by atoms with Crippen molar-refractivity contribution in [2.45, 2.75) is 26.3 Å². The maximum Gasteiger partial charge on any atom is 0.244 e. The summed E-state index contributed by atoms with van der Waals surface area (Å²) in [5.74, 6) is 1.36. The van der Waals surface area contributed by atoms with Crippen LogP contribution < -0.4 is 4.74 Å². The summed E-state index contributed by atoms with van der Waals surface area (Å²) in [6.45, 7) is 4.53. The molecule has 1 fully saturated rings. The normalized spacial score (nSPS) is 18.0. The van der Waals surface area contributed by atoms with Gasteiger partial charge in [0.2, 0.25) is 5.91 Å². The first-order valence-electron chi connectivity index (χ1n) is 8.02. The molecule has 1 aromatic carbocycles. The van der Waals surface area contributed by atoms with Gasteiger partial charge in [0.25, 0.3) is 0 Å². The Kier molecular flexibility index (Phi) is 4.90. The van der Waals surface area contributed by atoms with Crippen LogP contribution in [0, 0.1) is 12.8 Å². The third kappa shape index (κ3) is 4.31. The van der Waals surface area contributed by atoms with E-state index in [2.05, 4.69) is 17.2 Å². The lowest BCUT2D eigenvalue weighted by molar-refractivity contribution is -0.134. The summed E-state index contributed by atoms with van der Waals surface area (Å²) in [4.78, 5) is 14.2. The third-order valence-corrected chi connectivity index (χ3v) is 4.15.